The van der Waals surface area contributed by atoms with E-state index in [1.807, 2.05) is 12.1 Å². The van der Waals surface area contributed by atoms with E-state index in [0.29, 0.717) is 38.2 Å². The van der Waals surface area contributed by atoms with Crippen molar-refractivity contribution in [2.24, 2.45) is 5.92 Å². The zero-order valence-corrected chi connectivity index (χ0v) is 21.9. The second-order valence-electron chi connectivity index (χ2n) is 9.84. The maximum absolute atomic E-state index is 12.7. The maximum Gasteiger partial charge on any atom is 0.573 e. The summed E-state index contributed by atoms with van der Waals surface area (Å²) in [6, 6.07) is 17.1. The minimum Gasteiger partial charge on any atom is -0.406 e. The number of benzene rings is 3. The zero-order valence-electron chi connectivity index (χ0n) is 21.9. The van der Waals surface area contributed by atoms with Gasteiger partial charge < -0.3 is 19.9 Å². The summed E-state index contributed by atoms with van der Waals surface area (Å²) in [5.41, 5.74) is 0.559. The van der Waals surface area contributed by atoms with E-state index in [0.717, 1.165) is 29.8 Å². The summed E-state index contributed by atoms with van der Waals surface area (Å²) in [6.45, 7) is 3.23. The fourth-order valence-electron chi connectivity index (χ4n) is 5.12. The molecule has 1 fully saturated rings. The van der Waals surface area contributed by atoms with E-state index in [1.165, 1.54) is 31.2 Å². The Hall–Kier alpha value is -3.77. The van der Waals surface area contributed by atoms with Crippen LogP contribution in [0.15, 0.2) is 72.8 Å². The number of nitrogens with zero attached hydrogens (tertiary/aromatic N) is 1. The van der Waals surface area contributed by atoms with E-state index in [4.69, 9.17) is 0 Å². The van der Waals surface area contributed by atoms with Gasteiger partial charge in [0.15, 0.2) is 0 Å². The summed E-state index contributed by atoms with van der Waals surface area (Å²) in [7, 11) is 0. The Morgan fingerprint density at radius 3 is 1.63 bits per heavy atom. The number of nitrogens with one attached hydrogen (secondary N) is 1. The quantitative estimate of drug-likeness (QED) is 0.294. The van der Waals surface area contributed by atoms with Gasteiger partial charge in [0.2, 0.25) is 5.91 Å². The number of carbonyl (C=O) groups is 1. The van der Waals surface area contributed by atoms with E-state index in [9.17, 15) is 36.2 Å². The first-order valence-corrected chi connectivity index (χ1v) is 12.7. The maximum atomic E-state index is 12.7. The highest BCUT2D eigenvalue weighted by atomic mass is 19.4. The average molecular weight is 583 g/mol. The number of aliphatic hydroxyl groups is 1. The number of carbonyl (C=O) groups excluding carboxylic acids is 1. The highest BCUT2D eigenvalue weighted by Crippen LogP contribution is 2.43. The molecule has 0 aliphatic carbocycles. The third-order valence-corrected chi connectivity index (χ3v) is 6.91. The number of hydrogen-bond acceptors (Lipinski definition) is 5. The molecule has 0 saturated carbocycles. The lowest BCUT2D eigenvalue weighted by Gasteiger charge is -2.42. The summed E-state index contributed by atoms with van der Waals surface area (Å²) in [6.07, 6.45) is -8.77. The van der Waals surface area contributed by atoms with Crippen molar-refractivity contribution in [1.29, 1.82) is 0 Å². The summed E-state index contributed by atoms with van der Waals surface area (Å²) in [5, 5.41) is 14.8. The van der Waals surface area contributed by atoms with E-state index in [2.05, 4.69) is 19.7 Å². The fourth-order valence-corrected chi connectivity index (χ4v) is 5.12. The van der Waals surface area contributed by atoms with E-state index in [1.54, 1.807) is 12.1 Å². The molecule has 1 aliphatic heterocycles. The number of anilines is 1. The topological polar surface area (TPSA) is 71.0 Å². The van der Waals surface area contributed by atoms with E-state index < -0.39 is 35.7 Å². The molecule has 41 heavy (non-hydrogen) atoms. The van der Waals surface area contributed by atoms with Crippen molar-refractivity contribution >= 4 is 11.6 Å². The SMILES string of the molecule is CC(=O)Nc1ccc(CN2CCC(C(O)(c3ccc(OC(F)(F)F)cc3)c3ccc(OC(F)(F)F)cc3)CC2)cc1. The Bertz CT molecular complexity index is 1240. The number of alkyl halides is 6. The Morgan fingerprint density at radius 2 is 1.24 bits per heavy atom. The van der Waals surface area contributed by atoms with E-state index >= 15 is 0 Å². The minimum atomic E-state index is -4.89. The van der Waals surface area contributed by atoms with Gasteiger partial charge in [-0.05, 0) is 84.9 Å². The Balaban J connectivity index is 1.54. The van der Waals surface area contributed by atoms with Crippen LogP contribution in [0.3, 0.4) is 0 Å². The fraction of sp³-hybridized carbons (Fsp3) is 0.345. The number of ether oxygens (including phenoxy) is 2. The lowest BCUT2D eigenvalue weighted by Crippen LogP contribution is -2.44. The van der Waals surface area contributed by atoms with Crippen molar-refractivity contribution in [2.75, 3.05) is 18.4 Å². The molecule has 3 aromatic rings. The van der Waals surface area contributed by atoms with Crippen molar-refractivity contribution in [2.45, 2.75) is 44.6 Å². The highest BCUT2D eigenvalue weighted by molar-refractivity contribution is 5.88. The van der Waals surface area contributed by atoms with Crippen LogP contribution >= 0.6 is 0 Å². The van der Waals surface area contributed by atoms with Gasteiger partial charge in [0, 0.05) is 19.2 Å². The summed E-state index contributed by atoms with van der Waals surface area (Å²) in [5.74, 6) is -1.49. The number of piperidine rings is 1. The molecule has 0 radical (unpaired) electrons. The lowest BCUT2D eigenvalue weighted by molar-refractivity contribution is -0.275. The van der Waals surface area contributed by atoms with Gasteiger partial charge in [0.25, 0.3) is 0 Å². The Morgan fingerprint density at radius 1 is 0.805 bits per heavy atom. The monoisotopic (exact) mass is 582 g/mol. The summed E-state index contributed by atoms with van der Waals surface area (Å²) >= 11 is 0. The molecule has 1 heterocycles. The van der Waals surface area contributed by atoms with Crippen LogP contribution in [0.25, 0.3) is 0 Å². The highest BCUT2D eigenvalue weighted by Gasteiger charge is 2.42. The molecule has 0 unspecified atom stereocenters. The van der Waals surface area contributed by atoms with Crippen LogP contribution in [0.5, 0.6) is 11.5 Å². The van der Waals surface area contributed by atoms with Crippen LogP contribution in [-0.4, -0.2) is 41.7 Å². The molecule has 0 spiro atoms. The molecule has 12 heteroatoms. The summed E-state index contributed by atoms with van der Waals surface area (Å²) < 4.78 is 83.9. The molecule has 4 rings (SSSR count). The molecule has 220 valence electrons. The van der Waals surface area contributed by atoms with Gasteiger partial charge in [0.1, 0.15) is 17.1 Å². The Kier molecular flexibility index (Phi) is 8.83. The van der Waals surface area contributed by atoms with Gasteiger partial charge in [-0.15, -0.1) is 26.3 Å². The third-order valence-electron chi connectivity index (χ3n) is 6.91. The number of hydrogen-bond donors (Lipinski definition) is 2. The molecular formula is C29H28F6N2O4. The van der Waals surface area contributed by atoms with Gasteiger partial charge >= 0.3 is 12.7 Å². The van der Waals surface area contributed by atoms with Crippen LogP contribution in [-0.2, 0) is 16.9 Å². The molecular weight excluding hydrogens is 554 g/mol. The standard InChI is InChI=1S/C29H28F6N2O4/c1-19(38)36-24-8-2-20(3-9-24)18-37-16-14-23(15-17-37)27(39,21-4-10-25(11-5-21)40-28(30,31)32)22-6-12-26(13-7-22)41-29(33,34)35/h2-13,23,39H,14-18H2,1H3,(H,36,38). The zero-order chi connectivity index (χ0) is 29.8. The predicted molar refractivity (Wildman–Crippen MR) is 138 cm³/mol. The first-order chi connectivity index (χ1) is 19.2. The lowest BCUT2D eigenvalue weighted by atomic mass is 9.72. The molecule has 0 bridgehead atoms. The minimum absolute atomic E-state index is 0.169. The number of likely N-dealkylation sites (tertiary alicyclic amines) is 1. The van der Waals surface area contributed by atoms with Gasteiger partial charge in [0.05, 0.1) is 0 Å². The number of amides is 1. The van der Waals surface area contributed by atoms with Crippen LogP contribution in [0.4, 0.5) is 32.0 Å². The Labute approximate surface area is 232 Å². The molecule has 0 aromatic heterocycles. The second-order valence-corrected chi connectivity index (χ2v) is 9.84. The van der Waals surface area contributed by atoms with Crippen molar-refractivity contribution < 1.29 is 45.7 Å². The van der Waals surface area contributed by atoms with Crippen LogP contribution in [0.1, 0.15) is 36.5 Å². The van der Waals surface area contributed by atoms with Crippen molar-refractivity contribution in [3.63, 3.8) is 0 Å². The molecule has 1 aliphatic rings. The molecule has 0 atom stereocenters. The third kappa shape index (κ3) is 8.14. The first-order valence-electron chi connectivity index (χ1n) is 12.7. The van der Waals surface area contributed by atoms with Crippen LogP contribution in [0.2, 0.25) is 0 Å². The average Bonchev–Trinajstić information content (AvgIpc) is 2.88. The van der Waals surface area contributed by atoms with Crippen LogP contribution in [0, 0.1) is 5.92 Å². The van der Waals surface area contributed by atoms with Crippen molar-refractivity contribution in [3.05, 3.63) is 89.5 Å². The first kappa shape index (κ1) is 30.2. The second kappa shape index (κ2) is 12.0. The molecule has 3 aromatic carbocycles. The molecule has 6 nitrogen and oxygen atoms in total. The van der Waals surface area contributed by atoms with Crippen molar-refractivity contribution in [3.8, 4) is 11.5 Å². The van der Waals surface area contributed by atoms with Gasteiger partial charge in [-0.1, -0.05) is 36.4 Å². The molecule has 2 N–H and O–H groups in total. The smallest absolute Gasteiger partial charge is 0.406 e. The normalized spacial score (nSPS) is 15.4. The molecule has 1 amide bonds. The number of halogens is 6. The summed E-state index contributed by atoms with van der Waals surface area (Å²) in [4.78, 5) is 13.4. The van der Waals surface area contributed by atoms with Gasteiger partial charge in [-0.3, -0.25) is 9.69 Å². The largest absolute Gasteiger partial charge is 0.573 e. The number of rotatable bonds is 8. The van der Waals surface area contributed by atoms with Crippen molar-refractivity contribution in [1.82, 2.24) is 4.90 Å². The van der Waals surface area contributed by atoms with Gasteiger partial charge in [-0.2, -0.15) is 0 Å². The predicted octanol–water partition coefficient (Wildman–Crippen LogP) is 6.59. The van der Waals surface area contributed by atoms with Gasteiger partial charge in [-0.25, -0.2) is 0 Å². The van der Waals surface area contributed by atoms with E-state index in [-0.39, 0.29) is 17.0 Å². The van der Waals surface area contributed by atoms with Crippen LogP contribution < -0.4 is 14.8 Å². The molecule has 1 saturated heterocycles.